The van der Waals surface area contributed by atoms with Crippen molar-refractivity contribution < 1.29 is 4.74 Å². The van der Waals surface area contributed by atoms with Crippen LogP contribution in [0.15, 0.2) is 29.8 Å². The summed E-state index contributed by atoms with van der Waals surface area (Å²) in [4.78, 5) is 2.44. The Bertz CT molecular complexity index is 583. The van der Waals surface area contributed by atoms with Crippen molar-refractivity contribution in [3.8, 4) is 0 Å². The number of rotatable bonds is 7. The van der Waals surface area contributed by atoms with E-state index in [0.717, 1.165) is 49.9 Å². The van der Waals surface area contributed by atoms with E-state index in [-0.39, 0.29) is 0 Å². The number of allylic oxidation sites excluding steroid dienone is 1. The molecule has 0 amide bonds. The number of hydrogen-bond donors (Lipinski definition) is 0. The van der Waals surface area contributed by atoms with Crippen molar-refractivity contribution >= 4 is 5.76 Å². The lowest BCUT2D eigenvalue weighted by molar-refractivity contribution is 0.200. The van der Waals surface area contributed by atoms with Gasteiger partial charge in [-0.2, -0.15) is 0 Å². The molecule has 0 aliphatic heterocycles. The molecule has 4 saturated carbocycles. The summed E-state index contributed by atoms with van der Waals surface area (Å²) in [5, 5.41) is 0. The zero-order chi connectivity index (χ0) is 16.0. The van der Waals surface area contributed by atoms with Gasteiger partial charge in [-0.25, -0.2) is 0 Å². The van der Waals surface area contributed by atoms with Crippen molar-refractivity contribution in [3.05, 3.63) is 41.0 Å². The Morgan fingerprint density at radius 1 is 1.09 bits per heavy atom. The Balaban J connectivity index is 1.56. The molecule has 5 rings (SSSR count). The topological polar surface area (TPSA) is 12.5 Å². The van der Waals surface area contributed by atoms with Gasteiger partial charge in [0, 0.05) is 12.1 Å². The molecule has 4 aliphatic carbocycles. The van der Waals surface area contributed by atoms with Gasteiger partial charge < -0.3 is 9.64 Å². The average Bonchev–Trinajstić information content (AvgIpc) is 2.94. The van der Waals surface area contributed by atoms with E-state index in [1.165, 1.54) is 29.7 Å². The molecule has 4 fully saturated rings. The van der Waals surface area contributed by atoms with Crippen LogP contribution in [0.2, 0.25) is 0 Å². The summed E-state index contributed by atoms with van der Waals surface area (Å²) in [7, 11) is 0. The average molecular weight is 311 g/mol. The maximum atomic E-state index is 6.42. The van der Waals surface area contributed by atoms with E-state index in [0.29, 0.717) is 0 Å². The third-order valence-electron chi connectivity index (χ3n) is 6.37. The number of benzene rings is 1. The highest BCUT2D eigenvalue weighted by molar-refractivity contribution is 5.67. The predicted octanol–water partition coefficient (Wildman–Crippen LogP) is 4.35. The molecule has 0 heterocycles. The van der Waals surface area contributed by atoms with Crippen LogP contribution in [-0.4, -0.2) is 31.1 Å². The molecular formula is C21H29NO. The lowest BCUT2D eigenvalue weighted by atomic mass is 9.99. The lowest BCUT2D eigenvalue weighted by Crippen LogP contribution is -2.27. The van der Waals surface area contributed by atoms with Crippen LogP contribution in [0.25, 0.3) is 5.76 Å². The van der Waals surface area contributed by atoms with E-state index in [9.17, 15) is 0 Å². The van der Waals surface area contributed by atoms with Gasteiger partial charge >= 0.3 is 0 Å². The molecule has 2 nitrogen and oxygen atoms in total. The zero-order valence-corrected chi connectivity index (χ0v) is 14.7. The highest BCUT2D eigenvalue weighted by Gasteiger charge is 2.66. The SMILES string of the molecule is CCN(CC)CCOC(=C1C2CC3C(C2)C13)c1ccc(C)cc1. The second kappa shape index (κ2) is 5.98. The van der Waals surface area contributed by atoms with Crippen molar-refractivity contribution in [1.82, 2.24) is 4.90 Å². The number of aryl methyl sites for hydroxylation is 1. The molecule has 4 bridgehead atoms. The van der Waals surface area contributed by atoms with E-state index in [2.05, 4.69) is 49.9 Å². The number of nitrogens with zero attached hydrogens (tertiary/aromatic N) is 1. The van der Waals surface area contributed by atoms with E-state index in [4.69, 9.17) is 4.74 Å². The lowest BCUT2D eigenvalue weighted by Gasteiger charge is -2.21. The van der Waals surface area contributed by atoms with Gasteiger partial charge in [-0.3, -0.25) is 0 Å². The van der Waals surface area contributed by atoms with Crippen molar-refractivity contribution in [2.24, 2.45) is 23.7 Å². The Hall–Kier alpha value is -1.28. The van der Waals surface area contributed by atoms with Crippen LogP contribution in [0.1, 0.15) is 37.8 Å². The molecular weight excluding hydrogens is 282 g/mol. The van der Waals surface area contributed by atoms with Crippen LogP contribution in [-0.2, 0) is 4.74 Å². The minimum atomic E-state index is 0.809. The fourth-order valence-corrected chi connectivity index (χ4v) is 5.02. The highest BCUT2D eigenvalue weighted by Crippen LogP contribution is 2.74. The molecule has 0 saturated heterocycles. The molecule has 2 heteroatoms. The van der Waals surface area contributed by atoms with Gasteiger partial charge in [0.2, 0.25) is 0 Å². The molecule has 1 aromatic carbocycles. The van der Waals surface area contributed by atoms with Crippen molar-refractivity contribution in [2.75, 3.05) is 26.2 Å². The van der Waals surface area contributed by atoms with Gasteiger partial charge in [-0.15, -0.1) is 0 Å². The Kier molecular flexibility index (Phi) is 3.96. The summed E-state index contributed by atoms with van der Waals surface area (Å²) in [6, 6.07) is 8.94. The minimum absolute atomic E-state index is 0.809. The van der Waals surface area contributed by atoms with Gasteiger partial charge in [0.1, 0.15) is 12.4 Å². The zero-order valence-electron chi connectivity index (χ0n) is 14.7. The van der Waals surface area contributed by atoms with Crippen LogP contribution < -0.4 is 0 Å². The van der Waals surface area contributed by atoms with E-state index in [1.807, 2.05) is 0 Å². The highest BCUT2D eigenvalue weighted by atomic mass is 16.5. The standard InChI is InChI=1S/C21H29NO/c1-4-22(5-2)10-11-23-21(15-8-6-14(3)7-9-15)19-16-12-17-18(13-16)20(17)19/h6-9,16-18,20H,4-5,10-13H2,1-3H3. The van der Waals surface area contributed by atoms with Crippen LogP contribution in [0.5, 0.6) is 0 Å². The van der Waals surface area contributed by atoms with Gasteiger partial charge in [0.25, 0.3) is 0 Å². The fraction of sp³-hybridized carbons (Fsp3) is 0.619. The molecule has 0 aromatic heterocycles. The first-order valence-electron chi connectivity index (χ1n) is 9.39. The fourth-order valence-electron chi connectivity index (χ4n) is 5.02. The van der Waals surface area contributed by atoms with Crippen molar-refractivity contribution in [1.29, 1.82) is 0 Å². The molecule has 124 valence electrons. The predicted molar refractivity (Wildman–Crippen MR) is 95.0 cm³/mol. The van der Waals surface area contributed by atoms with Crippen molar-refractivity contribution in [3.63, 3.8) is 0 Å². The number of ether oxygens (including phenoxy) is 1. The summed E-state index contributed by atoms with van der Waals surface area (Å²) in [5.74, 6) is 4.92. The molecule has 0 N–H and O–H groups in total. The Morgan fingerprint density at radius 2 is 1.74 bits per heavy atom. The van der Waals surface area contributed by atoms with Gasteiger partial charge in [-0.05, 0) is 62.1 Å². The summed E-state index contributed by atoms with van der Waals surface area (Å²) in [6.45, 7) is 10.6. The largest absolute Gasteiger partial charge is 0.492 e. The molecule has 23 heavy (non-hydrogen) atoms. The van der Waals surface area contributed by atoms with E-state index < -0.39 is 0 Å². The Labute approximate surface area is 140 Å². The minimum Gasteiger partial charge on any atom is -0.492 e. The molecule has 2 atom stereocenters. The maximum Gasteiger partial charge on any atom is 0.126 e. The van der Waals surface area contributed by atoms with Crippen LogP contribution in [0, 0.1) is 30.6 Å². The normalized spacial score (nSPS) is 32.5. The quantitative estimate of drug-likeness (QED) is 0.694. The summed E-state index contributed by atoms with van der Waals surface area (Å²) >= 11 is 0. The first kappa shape index (κ1) is 15.3. The first-order chi connectivity index (χ1) is 11.2. The Morgan fingerprint density at radius 3 is 2.26 bits per heavy atom. The molecule has 0 radical (unpaired) electrons. The van der Waals surface area contributed by atoms with Crippen LogP contribution in [0.4, 0.5) is 0 Å². The second-order valence-corrected chi connectivity index (χ2v) is 7.55. The molecule has 4 aliphatic rings. The molecule has 1 aromatic rings. The van der Waals surface area contributed by atoms with E-state index >= 15 is 0 Å². The van der Waals surface area contributed by atoms with E-state index in [1.54, 1.807) is 5.57 Å². The number of hydrogen-bond acceptors (Lipinski definition) is 2. The summed E-state index contributed by atoms with van der Waals surface area (Å²) in [6.07, 6.45) is 2.86. The van der Waals surface area contributed by atoms with Crippen molar-refractivity contribution in [2.45, 2.75) is 33.6 Å². The third-order valence-corrected chi connectivity index (χ3v) is 6.37. The summed E-state index contributed by atoms with van der Waals surface area (Å²) in [5.41, 5.74) is 4.29. The van der Waals surface area contributed by atoms with Gasteiger partial charge in [0.15, 0.2) is 0 Å². The smallest absolute Gasteiger partial charge is 0.126 e. The number of likely N-dealkylation sites (N-methyl/N-ethyl adjacent to an activating group) is 1. The maximum absolute atomic E-state index is 6.42. The summed E-state index contributed by atoms with van der Waals surface area (Å²) < 4.78 is 6.42. The van der Waals surface area contributed by atoms with Crippen LogP contribution >= 0.6 is 0 Å². The molecule has 2 unspecified atom stereocenters. The van der Waals surface area contributed by atoms with Crippen LogP contribution in [0.3, 0.4) is 0 Å². The monoisotopic (exact) mass is 311 g/mol. The first-order valence-corrected chi connectivity index (χ1v) is 9.39. The van der Waals surface area contributed by atoms with Gasteiger partial charge in [0.05, 0.1) is 0 Å². The second-order valence-electron chi connectivity index (χ2n) is 7.55. The molecule has 0 spiro atoms. The third kappa shape index (κ3) is 2.61. The van der Waals surface area contributed by atoms with Gasteiger partial charge in [-0.1, -0.05) is 43.7 Å².